The van der Waals surface area contributed by atoms with Crippen LogP contribution in [0.4, 0.5) is 0 Å². The molecule has 0 aliphatic rings. The van der Waals surface area contributed by atoms with Crippen LogP contribution < -0.4 is 11.2 Å². The van der Waals surface area contributed by atoms with E-state index in [1.54, 1.807) is 32.9 Å². The first-order valence-corrected chi connectivity index (χ1v) is 6.73. The van der Waals surface area contributed by atoms with E-state index in [4.69, 9.17) is 9.47 Å². The molecule has 1 aromatic heterocycles. The molecule has 0 aliphatic heterocycles. The lowest BCUT2D eigenvalue weighted by atomic mass is 10.4. The maximum atomic E-state index is 12.5. The second-order valence-corrected chi connectivity index (χ2v) is 4.59. The van der Waals surface area contributed by atoms with E-state index in [2.05, 4.69) is 13.2 Å². The first-order valence-electron chi connectivity index (χ1n) is 6.73. The first kappa shape index (κ1) is 17.1. The summed E-state index contributed by atoms with van der Waals surface area (Å²) in [5.74, 6) is 0. The van der Waals surface area contributed by atoms with E-state index in [0.29, 0.717) is 12.3 Å². The number of hydrogen-bond acceptors (Lipinski definition) is 4. The number of rotatable bonds is 8. The van der Waals surface area contributed by atoms with Crippen LogP contribution >= 0.6 is 0 Å². The Balaban J connectivity index is 3.28. The molecule has 6 heteroatoms. The van der Waals surface area contributed by atoms with E-state index in [-0.39, 0.29) is 6.61 Å². The van der Waals surface area contributed by atoms with Crippen LogP contribution in [-0.2, 0) is 9.47 Å². The van der Waals surface area contributed by atoms with Gasteiger partial charge in [0.15, 0.2) is 0 Å². The Morgan fingerprint density at radius 3 is 2.05 bits per heavy atom. The molecule has 21 heavy (non-hydrogen) atoms. The summed E-state index contributed by atoms with van der Waals surface area (Å²) >= 11 is 0. The maximum absolute atomic E-state index is 12.5. The van der Waals surface area contributed by atoms with Crippen LogP contribution in [0.15, 0.2) is 41.0 Å². The second-order valence-electron chi connectivity index (χ2n) is 4.59. The third kappa shape index (κ3) is 4.03. The highest BCUT2D eigenvalue weighted by molar-refractivity contribution is 5.01. The summed E-state index contributed by atoms with van der Waals surface area (Å²) in [4.78, 5) is 24.6. The monoisotopic (exact) mass is 294 g/mol. The Bertz CT molecular complexity index is 615. The topological polar surface area (TPSA) is 62.5 Å². The van der Waals surface area contributed by atoms with Gasteiger partial charge in [-0.2, -0.15) is 0 Å². The van der Waals surface area contributed by atoms with Crippen molar-refractivity contribution in [2.45, 2.75) is 33.2 Å². The van der Waals surface area contributed by atoms with Gasteiger partial charge in [0.05, 0.1) is 13.2 Å². The Labute approximate surface area is 123 Å². The van der Waals surface area contributed by atoms with Crippen LogP contribution in [0.3, 0.4) is 0 Å². The number of nitrogens with zero attached hydrogens (tertiary/aromatic N) is 2. The molecule has 0 bridgehead atoms. The third-order valence-electron chi connectivity index (χ3n) is 3.00. The van der Waals surface area contributed by atoms with Crippen molar-refractivity contribution in [2.24, 2.45) is 0 Å². The largest absolute Gasteiger partial charge is 0.354 e. The molecule has 2 atom stereocenters. The van der Waals surface area contributed by atoms with Crippen LogP contribution in [0.2, 0.25) is 0 Å². The minimum Gasteiger partial charge on any atom is -0.354 e. The maximum Gasteiger partial charge on any atom is 0.335 e. The standard InChI is InChI=1S/C15H22N2O4/c1-6-8-20-12(4)16-11(3)10-14(18)17(15(16)19)13(5)21-9-7-2/h6-7,10,12-13H,1-2,8-9H2,3-5H3/t12-,13-/m1/s1. The van der Waals surface area contributed by atoms with Crippen molar-refractivity contribution in [1.29, 1.82) is 0 Å². The number of ether oxygens (including phenoxy) is 2. The minimum absolute atomic E-state index is 0.253. The van der Waals surface area contributed by atoms with Gasteiger partial charge in [0.1, 0.15) is 12.5 Å². The molecule has 0 N–H and O–H groups in total. The van der Waals surface area contributed by atoms with Crippen molar-refractivity contribution < 1.29 is 9.47 Å². The Morgan fingerprint density at radius 2 is 1.57 bits per heavy atom. The van der Waals surface area contributed by atoms with E-state index in [1.165, 1.54) is 10.6 Å². The highest BCUT2D eigenvalue weighted by Gasteiger charge is 2.17. The molecule has 0 spiro atoms. The van der Waals surface area contributed by atoms with E-state index in [0.717, 1.165) is 4.57 Å². The fourth-order valence-electron chi connectivity index (χ4n) is 2.02. The molecule has 6 nitrogen and oxygen atoms in total. The fourth-order valence-corrected chi connectivity index (χ4v) is 2.02. The van der Waals surface area contributed by atoms with Crippen LogP contribution in [0.5, 0.6) is 0 Å². The first-order chi connectivity index (χ1) is 9.93. The average Bonchev–Trinajstić information content (AvgIpc) is 2.42. The van der Waals surface area contributed by atoms with Crippen LogP contribution in [0, 0.1) is 6.92 Å². The SMILES string of the molecule is C=CCO[C@H](C)n1c(C)cc(=O)n([C@@H](C)OCC=C)c1=O. The minimum atomic E-state index is -0.679. The van der Waals surface area contributed by atoms with Crippen LogP contribution in [-0.4, -0.2) is 22.3 Å². The van der Waals surface area contributed by atoms with Crippen molar-refractivity contribution in [3.63, 3.8) is 0 Å². The summed E-state index contributed by atoms with van der Waals surface area (Å²) in [6.07, 6.45) is 1.97. The van der Waals surface area contributed by atoms with Crippen molar-refractivity contribution >= 4 is 0 Å². The van der Waals surface area contributed by atoms with E-state index in [9.17, 15) is 9.59 Å². The quantitative estimate of drug-likeness (QED) is 0.685. The normalized spacial score (nSPS) is 13.7. The molecule has 1 aromatic rings. The molecule has 0 saturated heterocycles. The van der Waals surface area contributed by atoms with Gasteiger partial charge in [-0.15, -0.1) is 13.2 Å². The predicted octanol–water partition coefficient (Wildman–Crippen LogP) is 1.76. The zero-order valence-corrected chi connectivity index (χ0v) is 12.7. The second kappa shape index (κ2) is 7.75. The summed E-state index contributed by atoms with van der Waals surface area (Å²) in [6.45, 7) is 12.7. The Morgan fingerprint density at radius 1 is 1.10 bits per heavy atom. The molecule has 1 heterocycles. The van der Waals surface area contributed by atoms with Gasteiger partial charge in [-0.05, 0) is 20.8 Å². The lowest BCUT2D eigenvalue weighted by Gasteiger charge is -2.21. The molecule has 0 amide bonds. The summed E-state index contributed by atoms with van der Waals surface area (Å²) < 4.78 is 13.3. The van der Waals surface area contributed by atoms with Crippen molar-refractivity contribution in [3.8, 4) is 0 Å². The summed E-state index contributed by atoms with van der Waals surface area (Å²) in [6, 6.07) is 1.39. The third-order valence-corrected chi connectivity index (χ3v) is 3.00. The van der Waals surface area contributed by atoms with E-state index < -0.39 is 23.7 Å². The number of aryl methyl sites for hydroxylation is 1. The predicted molar refractivity (Wildman–Crippen MR) is 81.4 cm³/mol. The Hall–Kier alpha value is -1.92. The molecule has 0 radical (unpaired) electrons. The molecule has 116 valence electrons. The molecular formula is C15H22N2O4. The van der Waals surface area contributed by atoms with Gasteiger partial charge in [0.25, 0.3) is 5.56 Å². The fraction of sp³-hybridized carbons (Fsp3) is 0.467. The number of hydrogen-bond donors (Lipinski definition) is 0. The highest BCUT2D eigenvalue weighted by Crippen LogP contribution is 2.08. The number of aromatic nitrogens is 2. The zero-order valence-electron chi connectivity index (χ0n) is 12.7. The van der Waals surface area contributed by atoms with Gasteiger partial charge in [0, 0.05) is 11.8 Å². The molecule has 0 saturated carbocycles. The molecule has 0 aliphatic carbocycles. The molecule has 0 unspecified atom stereocenters. The van der Waals surface area contributed by atoms with Gasteiger partial charge in [-0.25, -0.2) is 9.36 Å². The lowest BCUT2D eigenvalue weighted by Crippen LogP contribution is -2.44. The molecular weight excluding hydrogens is 272 g/mol. The van der Waals surface area contributed by atoms with E-state index >= 15 is 0 Å². The molecule has 0 aromatic carbocycles. The van der Waals surface area contributed by atoms with E-state index in [1.807, 2.05) is 0 Å². The molecule has 0 fully saturated rings. The summed E-state index contributed by atoms with van der Waals surface area (Å²) in [7, 11) is 0. The molecule has 1 rings (SSSR count). The van der Waals surface area contributed by atoms with Crippen molar-refractivity contribution in [3.05, 3.63) is 57.9 Å². The summed E-state index contributed by atoms with van der Waals surface area (Å²) in [5, 5.41) is 0. The lowest BCUT2D eigenvalue weighted by molar-refractivity contribution is 0.0107. The average molecular weight is 294 g/mol. The van der Waals surface area contributed by atoms with Crippen molar-refractivity contribution in [2.75, 3.05) is 13.2 Å². The Kier molecular flexibility index (Phi) is 6.33. The van der Waals surface area contributed by atoms with Crippen LogP contribution in [0.25, 0.3) is 0 Å². The van der Waals surface area contributed by atoms with Crippen LogP contribution in [0.1, 0.15) is 32.0 Å². The van der Waals surface area contributed by atoms with Gasteiger partial charge in [-0.1, -0.05) is 12.2 Å². The van der Waals surface area contributed by atoms with Gasteiger partial charge in [-0.3, -0.25) is 9.36 Å². The van der Waals surface area contributed by atoms with Crippen molar-refractivity contribution in [1.82, 2.24) is 9.13 Å². The van der Waals surface area contributed by atoms with Gasteiger partial charge >= 0.3 is 5.69 Å². The zero-order chi connectivity index (χ0) is 16.0. The summed E-state index contributed by atoms with van der Waals surface area (Å²) in [5.41, 5.74) is -0.330. The van der Waals surface area contributed by atoms with Gasteiger partial charge in [0.2, 0.25) is 0 Å². The van der Waals surface area contributed by atoms with Gasteiger partial charge < -0.3 is 9.47 Å². The highest BCUT2D eigenvalue weighted by atomic mass is 16.5. The smallest absolute Gasteiger partial charge is 0.335 e.